The fraction of sp³-hybridized carbons (Fsp3) is 0.348. The summed E-state index contributed by atoms with van der Waals surface area (Å²) in [4.78, 5) is 13.2. The van der Waals surface area contributed by atoms with E-state index in [4.69, 9.17) is 21.1 Å². The molecule has 3 aliphatic rings. The first kappa shape index (κ1) is 18.6. The number of halogens is 2. The number of rotatable bonds is 4. The zero-order chi connectivity index (χ0) is 20.3. The maximum atomic E-state index is 14.1. The second-order valence-corrected chi connectivity index (χ2v) is 8.25. The van der Waals surface area contributed by atoms with Crippen LogP contribution in [0.1, 0.15) is 30.9 Å². The van der Waals surface area contributed by atoms with Gasteiger partial charge in [0, 0.05) is 5.02 Å². The SMILES string of the molecule is CCc1ccc(Oc2ccc(Cl)cc2F)cc1C1=C(O)[C@H]2[C@@H](C1=O)[C@@H]1CC[C@H]2O1. The summed E-state index contributed by atoms with van der Waals surface area (Å²) in [5.41, 5.74) is 1.94. The van der Waals surface area contributed by atoms with Crippen molar-refractivity contribution in [2.45, 2.75) is 38.4 Å². The van der Waals surface area contributed by atoms with Crippen LogP contribution in [0.5, 0.6) is 11.5 Å². The smallest absolute Gasteiger partial charge is 0.173 e. The Hall–Kier alpha value is -2.37. The molecule has 0 amide bonds. The van der Waals surface area contributed by atoms with Gasteiger partial charge in [-0.15, -0.1) is 0 Å². The van der Waals surface area contributed by atoms with Crippen LogP contribution in [0.15, 0.2) is 42.2 Å². The number of carbonyl (C=O) groups is 1. The van der Waals surface area contributed by atoms with E-state index in [2.05, 4.69) is 0 Å². The molecule has 6 heteroatoms. The molecule has 29 heavy (non-hydrogen) atoms. The zero-order valence-corrected chi connectivity index (χ0v) is 16.6. The molecule has 0 saturated carbocycles. The fourth-order valence-corrected chi connectivity index (χ4v) is 5.09. The predicted molar refractivity (Wildman–Crippen MR) is 107 cm³/mol. The molecule has 2 aromatic carbocycles. The Kier molecular flexibility index (Phi) is 4.41. The molecule has 2 fully saturated rings. The van der Waals surface area contributed by atoms with Gasteiger partial charge >= 0.3 is 0 Å². The van der Waals surface area contributed by atoms with Crippen molar-refractivity contribution >= 4 is 23.0 Å². The van der Waals surface area contributed by atoms with E-state index in [1.807, 2.05) is 13.0 Å². The van der Waals surface area contributed by atoms with Crippen LogP contribution in [0.2, 0.25) is 5.02 Å². The molecule has 150 valence electrons. The number of ether oxygens (including phenoxy) is 2. The molecule has 2 aliphatic heterocycles. The number of hydrogen-bond acceptors (Lipinski definition) is 4. The first-order valence-electron chi connectivity index (χ1n) is 9.87. The molecule has 0 unspecified atom stereocenters. The number of hydrogen-bond donors (Lipinski definition) is 1. The molecule has 1 aliphatic carbocycles. The minimum absolute atomic E-state index is 0.0452. The van der Waals surface area contributed by atoms with Crippen molar-refractivity contribution in [3.8, 4) is 11.5 Å². The summed E-state index contributed by atoms with van der Waals surface area (Å²) < 4.78 is 25.7. The van der Waals surface area contributed by atoms with Crippen molar-refractivity contribution < 1.29 is 23.8 Å². The van der Waals surface area contributed by atoms with Crippen molar-refractivity contribution in [3.63, 3.8) is 0 Å². The Morgan fingerprint density at radius 1 is 1.17 bits per heavy atom. The van der Waals surface area contributed by atoms with E-state index in [1.165, 1.54) is 12.1 Å². The summed E-state index contributed by atoms with van der Waals surface area (Å²) in [5, 5.41) is 11.2. The van der Waals surface area contributed by atoms with Crippen molar-refractivity contribution in [3.05, 3.63) is 64.1 Å². The van der Waals surface area contributed by atoms with E-state index in [0.717, 1.165) is 18.4 Å². The number of Topliss-reactive ketones (excluding diaryl/α,β-unsaturated/α-hetero) is 1. The van der Waals surface area contributed by atoms with E-state index in [9.17, 15) is 14.3 Å². The molecule has 4 atom stereocenters. The first-order valence-corrected chi connectivity index (χ1v) is 10.2. The minimum Gasteiger partial charge on any atom is -0.511 e. The molecule has 0 spiro atoms. The van der Waals surface area contributed by atoms with E-state index >= 15 is 0 Å². The van der Waals surface area contributed by atoms with Crippen LogP contribution in [-0.4, -0.2) is 23.1 Å². The highest BCUT2D eigenvalue weighted by Crippen LogP contribution is 2.54. The Bertz CT molecular complexity index is 1050. The summed E-state index contributed by atoms with van der Waals surface area (Å²) in [7, 11) is 0. The highest BCUT2D eigenvalue weighted by Gasteiger charge is 2.59. The fourth-order valence-electron chi connectivity index (χ4n) is 4.93. The van der Waals surface area contributed by atoms with Crippen LogP contribution >= 0.6 is 11.6 Å². The summed E-state index contributed by atoms with van der Waals surface area (Å²) >= 11 is 5.80. The number of allylic oxidation sites excluding steroid dienone is 1. The second-order valence-electron chi connectivity index (χ2n) is 7.82. The lowest BCUT2D eigenvalue weighted by Crippen LogP contribution is -2.29. The van der Waals surface area contributed by atoms with Crippen LogP contribution < -0.4 is 4.74 Å². The Labute approximate surface area is 172 Å². The van der Waals surface area contributed by atoms with Gasteiger partial charge in [0.25, 0.3) is 0 Å². The molecule has 2 aromatic rings. The molecule has 0 aromatic heterocycles. The third-order valence-electron chi connectivity index (χ3n) is 6.25. The second kappa shape index (κ2) is 6.85. The molecule has 1 N–H and O–H groups in total. The average Bonchev–Trinajstić information content (AvgIpc) is 3.38. The molecule has 0 radical (unpaired) electrons. The predicted octanol–water partition coefficient (Wildman–Crippen LogP) is 5.48. The highest BCUT2D eigenvalue weighted by molar-refractivity contribution is 6.30. The number of ketones is 1. The molecule has 4 nitrogen and oxygen atoms in total. The largest absolute Gasteiger partial charge is 0.511 e. The monoisotopic (exact) mass is 414 g/mol. The molecule has 2 heterocycles. The topological polar surface area (TPSA) is 55.8 Å². The molecular weight excluding hydrogens is 395 g/mol. The van der Waals surface area contributed by atoms with E-state index < -0.39 is 5.82 Å². The summed E-state index contributed by atoms with van der Waals surface area (Å²) in [5.74, 6) is -0.625. The van der Waals surface area contributed by atoms with Crippen molar-refractivity contribution in [1.29, 1.82) is 0 Å². The quantitative estimate of drug-likeness (QED) is 0.719. The average molecular weight is 415 g/mol. The van der Waals surface area contributed by atoms with Gasteiger partial charge in [-0.3, -0.25) is 4.79 Å². The van der Waals surface area contributed by atoms with Crippen molar-refractivity contribution in [1.82, 2.24) is 0 Å². The van der Waals surface area contributed by atoms with Crippen LogP contribution in [0.3, 0.4) is 0 Å². The summed E-state index contributed by atoms with van der Waals surface area (Å²) in [6, 6.07) is 9.49. The maximum Gasteiger partial charge on any atom is 0.173 e. The number of aliphatic hydroxyl groups excluding tert-OH is 1. The molecule has 5 rings (SSSR count). The maximum absolute atomic E-state index is 14.1. The van der Waals surface area contributed by atoms with Crippen LogP contribution in [0.25, 0.3) is 5.57 Å². The summed E-state index contributed by atoms with van der Waals surface area (Å²) in [6.45, 7) is 1.99. The first-order chi connectivity index (χ1) is 14.0. The number of carbonyl (C=O) groups excluding carboxylic acids is 1. The molecular formula is C23H20ClFO4. The van der Waals surface area contributed by atoms with Gasteiger partial charge < -0.3 is 14.6 Å². The number of aliphatic hydroxyl groups is 1. The molecule has 2 bridgehead atoms. The summed E-state index contributed by atoms with van der Waals surface area (Å²) in [6.07, 6.45) is 2.23. The Balaban J connectivity index is 1.54. The van der Waals surface area contributed by atoms with E-state index in [0.29, 0.717) is 23.3 Å². The third-order valence-corrected chi connectivity index (χ3v) is 6.48. The third kappa shape index (κ3) is 2.87. The van der Waals surface area contributed by atoms with Crippen LogP contribution in [0, 0.1) is 17.7 Å². The van der Waals surface area contributed by atoms with E-state index in [-0.39, 0.29) is 46.4 Å². The highest BCUT2D eigenvalue weighted by atomic mass is 35.5. The zero-order valence-electron chi connectivity index (χ0n) is 15.8. The van der Waals surface area contributed by atoms with Gasteiger partial charge in [0.1, 0.15) is 11.5 Å². The van der Waals surface area contributed by atoms with Gasteiger partial charge in [0.05, 0.1) is 29.6 Å². The van der Waals surface area contributed by atoms with Gasteiger partial charge in [0.2, 0.25) is 0 Å². The standard InChI is InChI=1S/C23H20ClFO4/c1-2-11-3-5-13(28-16-6-4-12(24)9-15(16)25)10-14(11)19-22(26)20-17-7-8-18(29-17)21(20)23(19)27/h3-6,9-10,17-18,20-21,26H,2,7-8H2,1H3/t17-,18+,20-,21+/m1/s1. The van der Waals surface area contributed by atoms with Gasteiger partial charge in [-0.25, -0.2) is 4.39 Å². The normalized spacial score (nSPS) is 27.6. The van der Waals surface area contributed by atoms with Gasteiger partial charge in [-0.05, 0) is 60.7 Å². The number of aryl methyl sites for hydroxylation is 1. The van der Waals surface area contributed by atoms with Gasteiger partial charge in [-0.1, -0.05) is 24.6 Å². The molecule has 2 saturated heterocycles. The lowest BCUT2D eigenvalue weighted by molar-refractivity contribution is -0.118. The minimum atomic E-state index is -0.569. The lowest BCUT2D eigenvalue weighted by atomic mass is 9.80. The van der Waals surface area contributed by atoms with Gasteiger partial charge in [-0.2, -0.15) is 0 Å². The van der Waals surface area contributed by atoms with Crippen molar-refractivity contribution in [2.24, 2.45) is 11.8 Å². The Morgan fingerprint density at radius 2 is 1.93 bits per heavy atom. The lowest BCUT2D eigenvalue weighted by Gasteiger charge is -2.19. The van der Waals surface area contributed by atoms with Crippen molar-refractivity contribution in [2.75, 3.05) is 0 Å². The number of benzene rings is 2. The van der Waals surface area contributed by atoms with Crippen LogP contribution in [-0.2, 0) is 16.0 Å². The number of fused-ring (bicyclic) bond motifs is 5. The Morgan fingerprint density at radius 3 is 2.62 bits per heavy atom. The van der Waals surface area contributed by atoms with E-state index in [1.54, 1.807) is 18.2 Å². The van der Waals surface area contributed by atoms with Crippen LogP contribution in [0.4, 0.5) is 4.39 Å². The van der Waals surface area contributed by atoms with Gasteiger partial charge in [0.15, 0.2) is 17.3 Å².